The Balaban J connectivity index is 1.74. The maximum atomic E-state index is 13.3. The summed E-state index contributed by atoms with van der Waals surface area (Å²) in [6.45, 7) is 3.88. The Morgan fingerprint density at radius 3 is 2.45 bits per heavy atom. The normalized spacial score (nSPS) is 11.2. The summed E-state index contributed by atoms with van der Waals surface area (Å²) < 4.78 is 33.4. The minimum absolute atomic E-state index is 0.0344. The van der Waals surface area contributed by atoms with Crippen molar-refractivity contribution in [2.45, 2.75) is 18.7 Å². The van der Waals surface area contributed by atoms with Crippen LogP contribution in [0.4, 0.5) is 5.69 Å². The molecule has 174 valence electrons. The van der Waals surface area contributed by atoms with E-state index < -0.39 is 22.5 Å². The van der Waals surface area contributed by atoms with Gasteiger partial charge in [-0.15, -0.1) is 0 Å². The van der Waals surface area contributed by atoms with Gasteiger partial charge >= 0.3 is 0 Å². The maximum Gasteiger partial charge on any atom is 0.264 e. The summed E-state index contributed by atoms with van der Waals surface area (Å²) in [5, 5.41) is 3.15. The lowest BCUT2D eigenvalue weighted by molar-refractivity contribution is -0.119. The van der Waals surface area contributed by atoms with E-state index in [9.17, 15) is 13.2 Å². The molecule has 1 N–H and O–H groups in total. The third-order valence-corrected chi connectivity index (χ3v) is 7.15. The zero-order valence-electron chi connectivity index (χ0n) is 18.2. The molecule has 1 amide bonds. The van der Waals surface area contributed by atoms with Gasteiger partial charge in [-0.05, 0) is 61.4 Å². The minimum atomic E-state index is -4.07. The predicted octanol–water partition coefficient (Wildman–Crippen LogP) is 5.00. The summed E-state index contributed by atoms with van der Waals surface area (Å²) in [7, 11) is -4.07. The average molecular weight is 507 g/mol. The SMILES string of the molecule is Cc1ccc(C)c(OCCNC(=O)CN(c2cc(Cl)ccc2Cl)S(=O)(=O)c2ccccc2)c1. The van der Waals surface area contributed by atoms with Crippen molar-refractivity contribution in [3.8, 4) is 5.75 Å². The number of anilines is 1. The third kappa shape index (κ3) is 6.41. The summed E-state index contributed by atoms with van der Waals surface area (Å²) in [6.07, 6.45) is 0. The molecule has 0 spiro atoms. The second kappa shape index (κ2) is 10.9. The van der Waals surface area contributed by atoms with Gasteiger partial charge in [-0.25, -0.2) is 8.42 Å². The number of hydrogen-bond donors (Lipinski definition) is 1. The highest BCUT2D eigenvalue weighted by molar-refractivity contribution is 7.92. The lowest BCUT2D eigenvalue weighted by Gasteiger charge is -2.25. The number of aryl methyl sites for hydroxylation is 2. The van der Waals surface area contributed by atoms with Crippen molar-refractivity contribution in [2.75, 3.05) is 24.0 Å². The van der Waals surface area contributed by atoms with Gasteiger partial charge in [0.05, 0.1) is 22.2 Å². The number of hydrogen-bond acceptors (Lipinski definition) is 4. The second-order valence-electron chi connectivity index (χ2n) is 7.39. The number of sulfonamides is 1. The van der Waals surface area contributed by atoms with Crippen molar-refractivity contribution in [3.05, 3.63) is 87.9 Å². The molecule has 0 heterocycles. The summed E-state index contributed by atoms with van der Waals surface area (Å²) in [4.78, 5) is 12.7. The first kappa shape index (κ1) is 24.9. The molecule has 0 atom stereocenters. The molecule has 3 aromatic rings. The van der Waals surface area contributed by atoms with Crippen LogP contribution in [-0.2, 0) is 14.8 Å². The zero-order chi connectivity index (χ0) is 24.0. The van der Waals surface area contributed by atoms with Crippen LogP contribution in [0, 0.1) is 13.8 Å². The van der Waals surface area contributed by atoms with Gasteiger partial charge in [0.2, 0.25) is 5.91 Å². The average Bonchev–Trinajstić information content (AvgIpc) is 2.79. The molecular weight excluding hydrogens is 483 g/mol. The topological polar surface area (TPSA) is 75.7 Å². The van der Waals surface area contributed by atoms with E-state index in [4.69, 9.17) is 27.9 Å². The highest BCUT2D eigenvalue weighted by Gasteiger charge is 2.28. The van der Waals surface area contributed by atoms with E-state index in [1.54, 1.807) is 24.3 Å². The molecule has 0 bridgehead atoms. The van der Waals surface area contributed by atoms with Crippen LogP contribution >= 0.6 is 23.2 Å². The van der Waals surface area contributed by atoms with E-state index in [0.29, 0.717) is 5.02 Å². The summed E-state index contributed by atoms with van der Waals surface area (Å²) in [5.41, 5.74) is 2.18. The Labute approximate surface area is 204 Å². The van der Waals surface area contributed by atoms with E-state index in [-0.39, 0.29) is 28.8 Å². The first-order valence-corrected chi connectivity index (χ1v) is 12.4. The second-order valence-corrected chi connectivity index (χ2v) is 10.1. The van der Waals surface area contributed by atoms with Crippen molar-refractivity contribution in [3.63, 3.8) is 0 Å². The quantitative estimate of drug-likeness (QED) is 0.414. The molecule has 0 aliphatic heterocycles. The maximum absolute atomic E-state index is 13.3. The third-order valence-electron chi connectivity index (χ3n) is 4.82. The standard InChI is InChI=1S/C24H24Cl2N2O4S/c1-17-8-9-18(2)23(14-17)32-13-12-27-24(29)16-28(22-15-19(25)10-11-21(22)26)33(30,31)20-6-4-3-5-7-20/h3-11,14-15H,12-13,16H2,1-2H3,(H,27,29). The minimum Gasteiger partial charge on any atom is -0.491 e. The fourth-order valence-corrected chi connectivity index (χ4v) is 4.99. The number of benzene rings is 3. The van der Waals surface area contributed by atoms with Crippen LogP contribution in [0.2, 0.25) is 10.0 Å². The Hall–Kier alpha value is -2.74. The highest BCUT2D eigenvalue weighted by Crippen LogP contribution is 2.32. The van der Waals surface area contributed by atoms with Crippen molar-refractivity contribution >= 4 is 44.8 Å². The number of carbonyl (C=O) groups excluding carboxylic acids is 1. The highest BCUT2D eigenvalue weighted by atomic mass is 35.5. The summed E-state index contributed by atoms with van der Waals surface area (Å²) in [5.74, 6) is 0.235. The largest absolute Gasteiger partial charge is 0.491 e. The number of halogens is 2. The first-order valence-electron chi connectivity index (χ1n) is 10.2. The lowest BCUT2D eigenvalue weighted by atomic mass is 10.1. The number of amides is 1. The van der Waals surface area contributed by atoms with Crippen LogP contribution in [0.15, 0.2) is 71.6 Å². The molecule has 0 fully saturated rings. The Kier molecular flexibility index (Phi) is 8.24. The fraction of sp³-hybridized carbons (Fsp3) is 0.208. The number of nitrogens with one attached hydrogen (secondary N) is 1. The predicted molar refractivity (Wildman–Crippen MR) is 132 cm³/mol. The van der Waals surface area contributed by atoms with E-state index in [0.717, 1.165) is 21.2 Å². The monoisotopic (exact) mass is 506 g/mol. The van der Waals surface area contributed by atoms with E-state index in [2.05, 4.69) is 5.32 Å². The van der Waals surface area contributed by atoms with Crippen LogP contribution in [0.1, 0.15) is 11.1 Å². The molecule has 0 saturated carbocycles. The Bertz CT molecular complexity index is 1230. The molecule has 9 heteroatoms. The lowest BCUT2D eigenvalue weighted by Crippen LogP contribution is -2.42. The Morgan fingerprint density at radius 2 is 1.73 bits per heavy atom. The van der Waals surface area contributed by atoms with E-state index in [1.165, 1.54) is 24.3 Å². The zero-order valence-corrected chi connectivity index (χ0v) is 20.5. The van der Waals surface area contributed by atoms with Crippen LogP contribution in [-0.4, -0.2) is 34.0 Å². The van der Waals surface area contributed by atoms with Crippen molar-refractivity contribution in [2.24, 2.45) is 0 Å². The molecule has 0 aliphatic rings. The molecule has 3 aromatic carbocycles. The van der Waals surface area contributed by atoms with Crippen LogP contribution in [0.25, 0.3) is 0 Å². The summed E-state index contributed by atoms with van der Waals surface area (Å²) in [6, 6.07) is 18.2. The van der Waals surface area contributed by atoms with Crippen molar-refractivity contribution in [1.82, 2.24) is 5.32 Å². The van der Waals surface area contributed by atoms with E-state index >= 15 is 0 Å². The van der Waals surface area contributed by atoms with Gasteiger partial charge in [0.15, 0.2) is 0 Å². The fourth-order valence-electron chi connectivity index (χ4n) is 3.10. The van der Waals surface area contributed by atoms with Gasteiger partial charge in [0.25, 0.3) is 10.0 Å². The van der Waals surface area contributed by atoms with Crippen molar-refractivity contribution in [1.29, 1.82) is 0 Å². The van der Waals surface area contributed by atoms with Gasteiger partial charge in [-0.2, -0.15) is 0 Å². The molecule has 0 saturated heterocycles. The van der Waals surface area contributed by atoms with Gasteiger partial charge in [-0.1, -0.05) is 53.5 Å². The van der Waals surface area contributed by atoms with Crippen molar-refractivity contribution < 1.29 is 17.9 Å². The number of ether oxygens (including phenoxy) is 1. The number of nitrogens with zero attached hydrogens (tertiary/aromatic N) is 1. The Morgan fingerprint density at radius 1 is 1.00 bits per heavy atom. The van der Waals surface area contributed by atoms with Gasteiger partial charge in [0.1, 0.15) is 18.9 Å². The molecule has 33 heavy (non-hydrogen) atoms. The summed E-state index contributed by atoms with van der Waals surface area (Å²) >= 11 is 12.4. The molecule has 0 radical (unpaired) electrons. The van der Waals surface area contributed by atoms with Crippen LogP contribution < -0.4 is 14.4 Å². The molecule has 0 aliphatic carbocycles. The van der Waals surface area contributed by atoms with Gasteiger partial charge < -0.3 is 10.1 Å². The molecule has 6 nitrogen and oxygen atoms in total. The van der Waals surface area contributed by atoms with Crippen LogP contribution in [0.3, 0.4) is 0 Å². The van der Waals surface area contributed by atoms with Gasteiger partial charge in [0, 0.05) is 5.02 Å². The number of carbonyl (C=O) groups is 1. The van der Waals surface area contributed by atoms with Gasteiger partial charge in [-0.3, -0.25) is 9.10 Å². The molecular formula is C24H24Cl2N2O4S. The van der Waals surface area contributed by atoms with E-state index in [1.807, 2.05) is 32.0 Å². The molecule has 0 aromatic heterocycles. The molecule has 0 unspecified atom stereocenters. The number of rotatable bonds is 9. The smallest absolute Gasteiger partial charge is 0.264 e. The molecule has 3 rings (SSSR count). The first-order chi connectivity index (χ1) is 15.7. The van der Waals surface area contributed by atoms with Crippen LogP contribution in [0.5, 0.6) is 5.75 Å².